The number of benzene rings is 2. The predicted octanol–water partition coefficient (Wildman–Crippen LogP) is 5.05. The summed E-state index contributed by atoms with van der Waals surface area (Å²) >= 11 is 0. The minimum atomic E-state index is -2.64. The molecule has 0 aliphatic heterocycles. The molecule has 0 radical (unpaired) electrons. The van der Waals surface area contributed by atoms with Crippen molar-refractivity contribution in [2.45, 2.75) is 13.3 Å². The Kier molecular flexibility index (Phi) is 4.23. The van der Waals surface area contributed by atoms with Gasteiger partial charge >= 0.3 is 0 Å². The molecule has 0 aliphatic rings. The van der Waals surface area contributed by atoms with Crippen LogP contribution in [0.5, 0.6) is 0 Å². The molecule has 0 N–H and O–H groups in total. The molecule has 0 nitrogen and oxygen atoms in total. The number of halogens is 4. The molecule has 4 heteroatoms. The fourth-order valence-corrected chi connectivity index (χ4v) is 1.96. The molecule has 0 spiro atoms. The monoisotopic (exact) mass is 280 g/mol. The summed E-state index contributed by atoms with van der Waals surface area (Å²) in [6.45, 7) is 1.31. The maximum absolute atomic E-state index is 13.0. The van der Waals surface area contributed by atoms with Gasteiger partial charge in [0.2, 0.25) is 0 Å². The van der Waals surface area contributed by atoms with Gasteiger partial charge in [-0.15, -0.1) is 0 Å². The average Bonchev–Trinajstić information content (AvgIpc) is 2.43. The van der Waals surface area contributed by atoms with Crippen molar-refractivity contribution in [3.63, 3.8) is 0 Å². The van der Waals surface area contributed by atoms with Crippen molar-refractivity contribution in [3.05, 3.63) is 76.9 Å². The molecular formula is C16H12F4. The van der Waals surface area contributed by atoms with E-state index in [1.165, 1.54) is 55.5 Å². The normalized spacial score (nSPS) is 10.7. The quantitative estimate of drug-likeness (QED) is 0.690. The third-order valence-corrected chi connectivity index (χ3v) is 2.99. The summed E-state index contributed by atoms with van der Waals surface area (Å²) in [6, 6.07) is 10.5. The SMILES string of the molecule is CC(=C(c1ccc(F)cc1)c1ccc(F)cc1)C(F)F. The number of allylic oxidation sites excluding steroid dienone is 1. The van der Waals surface area contributed by atoms with Gasteiger partial charge in [-0.25, -0.2) is 17.6 Å². The zero-order chi connectivity index (χ0) is 14.7. The van der Waals surface area contributed by atoms with E-state index in [1.54, 1.807) is 0 Å². The lowest BCUT2D eigenvalue weighted by Gasteiger charge is -2.13. The molecule has 104 valence electrons. The first-order valence-corrected chi connectivity index (χ1v) is 6.00. The Labute approximate surface area is 114 Å². The van der Waals surface area contributed by atoms with Crippen molar-refractivity contribution in [3.8, 4) is 0 Å². The van der Waals surface area contributed by atoms with E-state index in [0.29, 0.717) is 16.7 Å². The molecule has 0 aromatic heterocycles. The van der Waals surface area contributed by atoms with Crippen LogP contribution in [0.3, 0.4) is 0 Å². The molecule has 2 rings (SSSR count). The van der Waals surface area contributed by atoms with Crippen molar-refractivity contribution < 1.29 is 17.6 Å². The number of hydrogen-bond donors (Lipinski definition) is 0. The van der Waals surface area contributed by atoms with Gasteiger partial charge in [0, 0.05) is 5.57 Å². The topological polar surface area (TPSA) is 0 Å². The molecule has 2 aromatic carbocycles. The van der Waals surface area contributed by atoms with Crippen LogP contribution < -0.4 is 0 Å². The summed E-state index contributed by atoms with van der Waals surface area (Å²) in [6.07, 6.45) is -2.64. The molecule has 0 fully saturated rings. The summed E-state index contributed by atoms with van der Waals surface area (Å²) < 4.78 is 51.9. The smallest absolute Gasteiger partial charge is 0.207 e. The summed E-state index contributed by atoms with van der Waals surface area (Å²) in [5.74, 6) is -0.885. The molecule has 0 atom stereocenters. The highest BCUT2D eigenvalue weighted by atomic mass is 19.3. The molecule has 0 heterocycles. The molecule has 0 unspecified atom stereocenters. The Bertz CT molecular complexity index is 562. The average molecular weight is 280 g/mol. The van der Waals surface area contributed by atoms with Gasteiger partial charge in [-0.3, -0.25) is 0 Å². The first-order valence-electron chi connectivity index (χ1n) is 6.00. The molecule has 0 aliphatic carbocycles. The zero-order valence-electron chi connectivity index (χ0n) is 10.7. The van der Waals surface area contributed by atoms with Crippen LogP contribution in [0.15, 0.2) is 54.1 Å². The molecule has 2 aromatic rings. The highest BCUT2D eigenvalue weighted by molar-refractivity contribution is 5.82. The Morgan fingerprint density at radius 2 is 1.10 bits per heavy atom. The zero-order valence-corrected chi connectivity index (χ0v) is 10.7. The fourth-order valence-electron chi connectivity index (χ4n) is 1.96. The van der Waals surface area contributed by atoms with Crippen molar-refractivity contribution in [1.29, 1.82) is 0 Å². The lowest BCUT2D eigenvalue weighted by Crippen LogP contribution is -2.00. The standard InChI is InChI=1S/C16H12F4/c1-10(16(19)20)15(11-2-6-13(17)7-3-11)12-4-8-14(18)9-5-12/h2-9,16H,1H3. The van der Waals surface area contributed by atoms with Crippen LogP contribution in [0.1, 0.15) is 18.1 Å². The third kappa shape index (κ3) is 3.07. The maximum atomic E-state index is 13.0. The van der Waals surface area contributed by atoms with Crippen LogP contribution in [0.4, 0.5) is 17.6 Å². The van der Waals surface area contributed by atoms with Crippen molar-refractivity contribution in [1.82, 2.24) is 0 Å². The Morgan fingerprint density at radius 1 is 0.750 bits per heavy atom. The van der Waals surface area contributed by atoms with Crippen LogP contribution in [-0.4, -0.2) is 6.43 Å². The highest BCUT2D eigenvalue weighted by Gasteiger charge is 2.15. The van der Waals surface area contributed by atoms with E-state index in [9.17, 15) is 17.6 Å². The van der Waals surface area contributed by atoms with Gasteiger partial charge in [0.25, 0.3) is 6.43 Å². The molecule has 0 saturated heterocycles. The van der Waals surface area contributed by atoms with Gasteiger partial charge in [0.1, 0.15) is 11.6 Å². The Balaban J connectivity index is 2.59. The molecule has 20 heavy (non-hydrogen) atoms. The van der Waals surface area contributed by atoms with E-state index in [2.05, 4.69) is 0 Å². The van der Waals surface area contributed by atoms with Gasteiger partial charge < -0.3 is 0 Å². The van der Waals surface area contributed by atoms with E-state index in [4.69, 9.17) is 0 Å². The highest BCUT2D eigenvalue weighted by Crippen LogP contribution is 2.30. The van der Waals surface area contributed by atoms with Gasteiger partial charge in [-0.2, -0.15) is 0 Å². The summed E-state index contributed by atoms with van der Waals surface area (Å²) in [7, 11) is 0. The second kappa shape index (κ2) is 5.90. The minimum absolute atomic E-state index is 0.136. The second-order valence-corrected chi connectivity index (χ2v) is 4.37. The van der Waals surface area contributed by atoms with E-state index >= 15 is 0 Å². The number of alkyl halides is 2. The van der Waals surface area contributed by atoms with E-state index in [0.717, 1.165) is 0 Å². The van der Waals surface area contributed by atoms with Crippen LogP contribution in [0.2, 0.25) is 0 Å². The van der Waals surface area contributed by atoms with Crippen molar-refractivity contribution in [2.75, 3.05) is 0 Å². The largest absolute Gasteiger partial charge is 0.260 e. The van der Waals surface area contributed by atoms with Crippen LogP contribution in [-0.2, 0) is 0 Å². The number of hydrogen-bond acceptors (Lipinski definition) is 0. The molecule has 0 saturated carbocycles. The second-order valence-electron chi connectivity index (χ2n) is 4.37. The van der Waals surface area contributed by atoms with E-state index < -0.39 is 18.1 Å². The van der Waals surface area contributed by atoms with Gasteiger partial charge in [-0.05, 0) is 47.9 Å². The lowest BCUT2D eigenvalue weighted by molar-refractivity contribution is 0.190. The summed E-state index contributed by atoms with van der Waals surface area (Å²) in [5.41, 5.74) is 1.09. The first kappa shape index (κ1) is 14.3. The van der Waals surface area contributed by atoms with Crippen LogP contribution in [0.25, 0.3) is 5.57 Å². The Hall–Kier alpha value is -2.10. The third-order valence-electron chi connectivity index (χ3n) is 2.99. The maximum Gasteiger partial charge on any atom is 0.260 e. The van der Waals surface area contributed by atoms with Gasteiger partial charge in [-0.1, -0.05) is 24.3 Å². The molecule has 0 bridgehead atoms. The molecular weight excluding hydrogens is 268 g/mol. The Morgan fingerprint density at radius 3 is 1.40 bits per heavy atom. The predicted molar refractivity (Wildman–Crippen MR) is 70.5 cm³/mol. The van der Waals surface area contributed by atoms with Crippen LogP contribution in [0, 0.1) is 11.6 Å². The summed E-state index contributed by atoms with van der Waals surface area (Å²) in [4.78, 5) is 0. The van der Waals surface area contributed by atoms with Gasteiger partial charge in [0.05, 0.1) is 0 Å². The van der Waals surface area contributed by atoms with Gasteiger partial charge in [0.15, 0.2) is 0 Å². The van der Waals surface area contributed by atoms with Crippen molar-refractivity contribution in [2.24, 2.45) is 0 Å². The van der Waals surface area contributed by atoms with Crippen LogP contribution >= 0.6 is 0 Å². The van der Waals surface area contributed by atoms with E-state index in [1.807, 2.05) is 0 Å². The van der Waals surface area contributed by atoms with E-state index in [-0.39, 0.29) is 5.57 Å². The lowest BCUT2D eigenvalue weighted by atomic mass is 9.93. The molecule has 0 amide bonds. The van der Waals surface area contributed by atoms with Crippen molar-refractivity contribution >= 4 is 5.57 Å². The summed E-state index contributed by atoms with van der Waals surface area (Å²) in [5, 5.41) is 0. The number of rotatable bonds is 3. The fraction of sp³-hybridized carbons (Fsp3) is 0.125. The minimum Gasteiger partial charge on any atom is -0.207 e. The first-order chi connectivity index (χ1) is 9.49.